The van der Waals surface area contributed by atoms with Crippen LogP contribution in [0.5, 0.6) is 0 Å². The van der Waals surface area contributed by atoms with Gasteiger partial charge in [0, 0.05) is 24.2 Å². The van der Waals surface area contributed by atoms with Crippen molar-refractivity contribution in [2.75, 3.05) is 0 Å². The highest BCUT2D eigenvalue weighted by Crippen LogP contribution is 2.25. The van der Waals surface area contributed by atoms with Crippen LogP contribution in [0.25, 0.3) is 16.9 Å². The number of hydrogen-bond acceptors (Lipinski definition) is 4. The average molecular weight is 408 g/mol. The van der Waals surface area contributed by atoms with Crippen molar-refractivity contribution in [3.05, 3.63) is 89.2 Å². The zero-order chi connectivity index (χ0) is 22.0. The van der Waals surface area contributed by atoms with Gasteiger partial charge in [0.2, 0.25) is 5.91 Å². The van der Waals surface area contributed by atoms with Gasteiger partial charge in [0.1, 0.15) is 6.04 Å². The minimum Gasteiger partial charge on any atom is -0.339 e. The molecule has 2 aromatic heterocycles. The van der Waals surface area contributed by atoms with Crippen molar-refractivity contribution in [1.82, 2.24) is 19.9 Å². The number of aromatic nitrogens is 3. The van der Waals surface area contributed by atoms with Gasteiger partial charge in [-0.25, -0.2) is 9.50 Å². The van der Waals surface area contributed by atoms with Crippen molar-refractivity contribution in [2.45, 2.75) is 19.9 Å². The molecule has 0 spiro atoms. The summed E-state index contributed by atoms with van der Waals surface area (Å²) in [6.07, 6.45) is 8.80. The van der Waals surface area contributed by atoms with E-state index < -0.39 is 6.04 Å². The minimum atomic E-state index is -0.536. The Hall–Kier alpha value is -4.24. The maximum Gasteiger partial charge on any atom is 0.218 e. The lowest BCUT2D eigenvalue weighted by atomic mass is 10.0. The maximum absolute atomic E-state index is 13.0. The van der Waals surface area contributed by atoms with Gasteiger partial charge in [-0.3, -0.25) is 9.59 Å². The van der Waals surface area contributed by atoms with Crippen molar-refractivity contribution in [3.63, 3.8) is 0 Å². The summed E-state index contributed by atoms with van der Waals surface area (Å²) < 4.78 is 1.64. The van der Waals surface area contributed by atoms with Crippen LogP contribution in [0.15, 0.2) is 67.0 Å². The van der Waals surface area contributed by atoms with Crippen molar-refractivity contribution >= 4 is 17.3 Å². The third kappa shape index (κ3) is 3.94. The van der Waals surface area contributed by atoms with Crippen LogP contribution in [-0.2, 0) is 4.79 Å². The average Bonchev–Trinajstić information content (AvgIpc) is 3.21. The first-order valence-corrected chi connectivity index (χ1v) is 9.75. The molecule has 0 radical (unpaired) electrons. The van der Waals surface area contributed by atoms with E-state index in [9.17, 15) is 9.59 Å². The second-order valence-corrected chi connectivity index (χ2v) is 7.24. The van der Waals surface area contributed by atoms with Crippen molar-refractivity contribution in [1.29, 1.82) is 0 Å². The summed E-state index contributed by atoms with van der Waals surface area (Å²) >= 11 is 0. The first kappa shape index (κ1) is 20.0. The lowest BCUT2D eigenvalue weighted by Gasteiger charge is -2.13. The largest absolute Gasteiger partial charge is 0.339 e. The number of fused-ring (bicyclic) bond motifs is 1. The maximum atomic E-state index is 13.0. The Balaban J connectivity index is 1.76. The Morgan fingerprint density at radius 3 is 2.61 bits per heavy atom. The smallest absolute Gasteiger partial charge is 0.218 e. The number of terminal acetylenes is 1. The first-order valence-electron chi connectivity index (χ1n) is 9.75. The molecular formula is C25H20N4O2. The van der Waals surface area contributed by atoms with Crippen molar-refractivity contribution in [2.24, 2.45) is 0 Å². The van der Waals surface area contributed by atoms with Crippen LogP contribution in [0.1, 0.15) is 40.0 Å². The van der Waals surface area contributed by atoms with Gasteiger partial charge in [-0.05, 0) is 24.6 Å². The predicted octanol–water partition coefficient (Wildman–Crippen LogP) is 3.75. The summed E-state index contributed by atoms with van der Waals surface area (Å²) in [6.45, 7) is 3.40. The molecule has 0 saturated carbocycles. The van der Waals surface area contributed by atoms with Crippen LogP contribution in [0.3, 0.4) is 0 Å². The lowest BCUT2D eigenvalue weighted by Crippen LogP contribution is -2.24. The second kappa shape index (κ2) is 8.25. The van der Waals surface area contributed by atoms with Gasteiger partial charge in [0.15, 0.2) is 11.4 Å². The summed E-state index contributed by atoms with van der Waals surface area (Å²) in [5.41, 5.74) is 4.96. The highest BCUT2D eigenvalue weighted by atomic mass is 16.1. The Morgan fingerprint density at radius 2 is 1.90 bits per heavy atom. The molecule has 2 aromatic carbocycles. The highest BCUT2D eigenvalue weighted by Gasteiger charge is 2.18. The fourth-order valence-electron chi connectivity index (χ4n) is 3.43. The number of rotatable bonds is 5. The van der Waals surface area contributed by atoms with E-state index in [1.165, 1.54) is 6.92 Å². The van der Waals surface area contributed by atoms with Crippen LogP contribution in [0.4, 0.5) is 0 Å². The summed E-state index contributed by atoms with van der Waals surface area (Å²) in [7, 11) is 0. The van der Waals surface area contributed by atoms with Crippen LogP contribution < -0.4 is 5.32 Å². The van der Waals surface area contributed by atoms with E-state index >= 15 is 0 Å². The summed E-state index contributed by atoms with van der Waals surface area (Å²) in [5, 5.41) is 7.17. The van der Waals surface area contributed by atoms with E-state index in [0.717, 1.165) is 22.4 Å². The molecule has 6 nitrogen and oxygen atoms in total. The monoisotopic (exact) mass is 408 g/mol. The first-order chi connectivity index (χ1) is 15.0. The Labute approximate surface area is 179 Å². The number of hydrogen-bond donors (Lipinski definition) is 1. The molecule has 1 unspecified atom stereocenters. The van der Waals surface area contributed by atoms with Gasteiger partial charge in [0.05, 0.1) is 17.5 Å². The van der Waals surface area contributed by atoms with Crippen LogP contribution in [0.2, 0.25) is 0 Å². The number of nitrogens with zero attached hydrogens (tertiary/aromatic N) is 3. The molecular weight excluding hydrogens is 388 g/mol. The fraction of sp³-hybridized carbons (Fsp3) is 0.120. The SMILES string of the molecule is C#CC(NC(C)=O)c1cccc(-c2ccnc3c(C(=O)c4ccc(C)cc4)cnn23)c1. The standard InChI is InChI=1S/C25H20N4O2/c1-4-22(28-17(3)30)19-6-5-7-20(14-19)23-12-13-26-25-21(15-27-29(23)25)24(31)18-10-8-16(2)9-11-18/h1,5-15,22H,2-3H3,(H,28,30). The lowest BCUT2D eigenvalue weighted by molar-refractivity contribution is -0.119. The van der Waals surface area contributed by atoms with E-state index in [0.29, 0.717) is 16.8 Å². The summed E-state index contributed by atoms with van der Waals surface area (Å²) in [6, 6.07) is 16.2. The Bertz CT molecular complexity index is 1330. The summed E-state index contributed by atoms with van der Waals surface area (Å²) in [5.74, 6) is 2.26. The van der Waals surface area contributed by atoms with Gasteiger partial charge in [-0.2, -0.15) is 5.10 Å². The topological polar surface area (TPSA) is 76.4 Å². The third-order valence-electron chi connectivity index (χ3n) is 4.99. The molecule has 1 atom stereocenters. The van der Waals surface area contributed by atoms with E-state index in [4.69, 9.17) is 6.42 Å². The molecule has 0 aliphatic heterocycles. The molecule has 4 rings (SSSR count). The van der Waals surface area contributed by atoms with Crippen LogP contribution in [0, 0.1) is 19.3 Å². The molecule has 0 aliphatic carbocycles. The number of aryl methyl sites for hydroxylation is 1. The second-order valence-electron chi connectivity index (χ2n) is 7.24. The Morgan fingerprint density at radius 1 is 1.13 bits per heavy atom. The van der Waals surface area contributed by atoms with Crippen molar-refractivity contribution < 1.29 is 9.59 Å². The third-order valence-corrected chi connectivity index (χ3v) is 4.99. The molecule has 1 N–H and O–H groups in total. The van der Waals surface area contributed by atoms with E-state index in [2.05, 4.69) is 21.3 Å². The summed E-state index contributed by atoms with van der Waals surface area (Å²) in [4.78, 5) is 28.9. The zero-order valence-corrected chi connectivity index (χ0v) is 17.2. The zero-order valence-electron chi connectivity index (χ0n) is 17.2. The molecule has 0 fully saturated rings. The van der Waals surface area contributed by atoms with Gasteiger partial charge >= 0.3 is 0 Å². The molecule has 0 bridgehead atoms. The van der Waals surface area contributed by atoms with Gasteiger partial charge in [-0.1, -0.05) is 53.9 Å². The molecule has 6 heteroatoms. The van der Waals surface area contributed by atoms with E-state index in [1.807, 2.05) is 49.4 Å². The number of ketones is 1. The normalized spacial score (nSPS) is 11.6. The molecule has 4 aromatic rings. The molecule has 0 saturated heterocycles. The number of amides is 1. The van der Waals surface area contributed by atoms with E-state index in [1.54, 1.807) is 29.0 Å². The fourth-order valence-corrected chi connectivity index (χ4v) is 3.43. The Kier molecular flexibility index (Phi) is 5.33. The van der Waals surface area contributed by atoms with Gasteiger partial charge in [0.25, 0.3) is 0 Å². The molecule has 152 valence electrons. The molecule has 31 heavy (non-hydrogen) atoms. The molecule has 0 aliphatic rings. The van der Waals surface area contributed by atoms with E-state index in [-0.39, 0.29) is 11.7 Å². The predicted molar refractivity (Wildman–Crippen MR) is 118 cm³/mol. The van der Waals surface area contributed by atoms with Gasteiger partial charge < -0.3 is 5.32 Å². The quantitative estimate of drug-likeness (QED) is 0.403. The number of benzene rings is 2. The van der Waals surface area contributed by atoms with Gasteiger partial charge in [-0.15, -0.1) is 6.42 Å². The molecule has 1 amide bonds. The molecule has 2 heterocycles. The minimum absolute atomic E-state index is 0.133. The van der Waals surface area contributed by atoms with Crippen LogP contribution >= 0.6 is 0 Å². The number of carbonyl (C=O) groups is 2. The number of carbonyl (C=O) groups excluding carboxylic acids is 2. The van der Waals surface area contributed by atoms with Crippen molar-refractivity contribution in [3.8, 4) is 23.6 Å². The number of nitrogens with one attached hydrogen (secondary N) is 1. The van der Waals surface area contributed by atoms with Crippen LogP contribution in [-0.4, -0.2) is 26.3 Å². The highest BCUT2D eigenvalue weighted by molar-refractivity contribution is 6.12.